The number of esters is 1. The molecule has 2 unspecified atom stereocenters. The Morgan fingerprint density at radius 1 is 1.47 bits per heavy atom. The highest BCUT2D eigenvalue weighted by Crippen LogP contribution is 2.34. The van der Waals surface area contributed by atoms with Gasteiger partial charge >= 0.3 is 5.97 Å². The van der Waals surface area contributed by atoms with E-state index in [4.69, 9.17) is 9.47 Å². The van der Waals surface area contributed by atoms with E-state index < -0.39 is 5.54 Å². The highest BCUT2D eigenvalue weighted by Gasteiger charge is 2.48. The Labute approximate surface area is 114 Å². The van der Waals surface area contributed by atoms with Gasteiger partial charge in [0.1, 0.15) is 5.54 Å². The third-order valence-electron chi connectivity index (χ3n) is 4.63. The van der Waals surface area contributed by atoms with Gasteiger partial charge < -0.3 is 9.47 Å². The van der Waals surface area contributed by atoms with E-state index in [2.05, 4.69) is 10.2 Å². The standard InChI is InChI=1S/C14H24N2O3/c1-18-13(17)14(15-9-12-3-2-8-19-12)6-7-16(10-14)11-4-5-11/h11-12,15H,2-10H2,1H3. The predicted molar refractivity (Wildman–Crippen MR) is 70.9 cm³/mol. The fraction of sp³-hybridized carbons (Fsp3) is 0.929. The molecular formula is C14H24N2O3. The molecule has 1 N–H and O–H groups in total. The van der Waals surface area contributed by atoms with Crippen LogP contribution in [0.5, 0.6) is 0 Å². The fourth-order valence-corrected chi connectivity index (χ4v) is 3.28. The number of carbonyl (C=O) groups excluding carboxylic acids is 1. The molecule has 2 atom stereocenters. The molecule has 0 bridgehead atoms. The monoisotopic (exact) mass is 268 g/mol. The van der Waals surface area contributed by atoms with Crippen LogP contribution in [0.15, 0.2) is 0 Å². The molecule has 5 heteroatoms. The molecular weight excluding hydrogens is 244 g/mol. The summed E-state index contributed by atoms with van der Waals surface area (Å²) in [5.41, 5.74) is -0.511. The lowest BCUT2D eigenvalue weighted by Gasteiger charge is -2.29. The number of likely N-dealkylation sites (tertiary alicyclic amines) is 1. The van der Waals surface area contributed by atoms with E-state index >= 15 is 0 Å². The van der Waals surface area contributed by atoms with Crippen LogP contribution in [-0.4, -0.2) is 61.9 Å². The van der Waals surface area contributed by atoms with Gasteiger partial charge in [0.25, 0.3) is 0 Å². The van der Waals surface area contributed by atoms with Crippen molar-refractivity contribution in [1.29, 1.82) is 0 Å². The zero-order valence-corrected chi connectivity index (χ0v) is 11.7. The molecule has 0 aromatic rings. The van der Waals surface area contributed by atoms with Gasteiger partial charge in [-0.15, -0.1) is 0 Å². The first-order valence-corrected chi connectivity index (χ1v) is 7.43. The summed E-state index contributed by atoms with van der Waals surface area (Å²) in [7, 11) is 1.48. The van der Waals surface area contributed by atoms with Crippen LogP contribution in [0.1, 0.15) is 32.1 Å². The maximum atomic E-state index is 12.2. The number of nitrogens with zero attached hydrogens (tertiary/aromatic N) is 1. The summed E-state index contributed by atoms with van der Waals surface area (Å²) in [4.78, 5) is 14.6. The first-order chi connectivity index (χ1) is 9.23. The average molecular weight is 268 g/mol. The van der Waals surface area contributed by atoms with Crippen LogP contribution in [0.2, 0.25) is 0 Å². The molecule has 0 spiro atoms. The predicted octanol–water partition coefficient (Wildman–Crippen LogP) is 0.535. The molecule has 2 saturated heterocycles. The lowest BCUT2D eigenvalue weighted by molar-refractivity contribution is -0.148. The van der Waals surface area contributed by atoms with Crippen molar-refractivity contribution in [2.45, 2.75) is 49.8 Å². The molecule has 3 rings (SSSR count). The van der Waals surface area contributed by atoms with Gasteiger partial charge in [-0.1, -0.05) is 0 Å². The summed E-state index contributed by atoms with van der Waals surface area (Å²) >= 11 is 0. The largest absolute Gasteiger partial charge is 0.468 e. The van der Waals surface area contributed by atoms with E-state index in [0.29, 0.717) is 6.04 Å². The van der Waals surface area contributed by atoms with Gasteiger partial charge in [-0.2, -0.15) is 0 Å². The van der Waals surface area contributed by atoms with Gasteiger partial charge in [0.05, 0.1) is 13.2 Å². The van der Waals surface area contributed by atoms with Gasteiger partial charge in [-0.3, -0.25) is 15.0 Å². The van der Waals surface area contributed by atoms with E-state index in [9.17, 15) is 4.79 Å². The minimum Gasteiger partial charge on any atom is -0.468 e. The van der Waals surface area contributed by atoms with E-state index in [1.54, 1.807) is 0 Å². The number of methoxy groups -OCH3 is 1. The van der Waals surface area contributed by atoms with Crippen molar-refractivity contribution in [2.75, 3.05) is 33.4 Å². The van der Waals surface area contributed by atoms with Crippen molar-refractivity contribution in [2.24, 2.45) is 0 Å². The van der Waals surface area contributed by atoms with Crippen molar-refractivity contribution in [3.05, 3.63) is 0 Å². The lowest BCUT2D eigenvalue weighted by atomic mass is 9.98. The Kier molecular flexibility index (Phi) is 3.78. The van der Waals surface area contributed by atoms with Crippen molar-refractivity contribution >= 4 is 5.97 Å². The Morgan fingerprint density at radius 2 is 2.32 bits per heavy atom. The van der Waals surface area contributed by atoms with Crippen molar-refractivity contribution < 1.29 is 14.3 Å². The molecule has 1 aliphatic carbocycles. The first kappa shape index (κ1) is 13.3. The molecule has 5 nitrogen and oxygen atoms in total. The van der Waals surface area contributed by atoms with Gasteiger partial charge in [0.15, 0.2) is 0 Å². The summed E-state index contributed by atoms with van der Waals surface area (Å²) < 4.78 is 10.7. The number of hydrogen-bond acceptors (Lipinski definition) is 5. The summed E-state index contributed by atoms with van der Waals surface area (Å²) in [6.45, 7) is 3.40. The molecule has 0 amide bonds. The first-order valence-electron chi connectivity index (χ1n) is 7.43. The molecule has 0 radical (unpaired) electrons. The summed E-state index contributed by atoms with van der Waals surface area (Å²) in [6.07, 6.45) is 5.90. The van der Waals surface area contributed by atoms with Crippen LogP contribution in [0, 0.1) is 0 Å². The molecule has 1 saturated carbocycles. The second-order valence-electron chi connectivity index (χ2n) is 6.04. The third-order valence-corrected chi connectivity index (χ3v) is 4.63. The molecule has 3 aliphatic rings. The van der Waals surface area contributed by atoms with E-state index in [-0.39, 0.29) is 12.1 Å². The maximum Gasteiger partial charge on any atom is 0.327 e. The highest BCUT2D eigenvalue weighted by atomic mass is 16.5. The average Bonchev–Trinajstić information content (AvgIpc) is 2.99. The molecule has 108 valence electrons. The smallest absolute Gasteiger partial charge is 0.327 e. The normalized spacial score (nSPS) is 35.7. The summed E-state index contributed by atoms with van der Waals surface area (Å²) in [5, 5.41) is 3.46. The van der Waals surface area contributed by atoms with E-state index in [1.807, 2.05) is 0 Å². The Morgan fingerprint density at radius 3 is 2.95 bits per heavy atom. The van der Waals surface area contributed by atoms with Crippen LogP contribution >= 0.6 is 0 Å². The lowest BCUT2D eigenvalue weighted by Crippen LogP contribution is -2.56. The third kappa shape index (κ3) is 2.78. The van der Waals surface area contributed by atoms with Crippen molar-refractivity contribution in [1.82, 2.24) is 10.2 Å². The quantitative estimate of drug-likeness (QED) is 0.737. The molecule has 0 aromatic carbocycles. The maximum absolute atomic E-state index is 12.2. The zero-order valence-electron chi connectivity index (χ0n) is 11.7. The van der Waals surface area contributed by atoms with Crippen molar-refractivity contribution in [3.63, 3.8) is 0 Å². The molecule has 19 heavy (non-hydrogen) atoms. The van der Waals surface area contributed by atoms with Gasteiger partial charge in [0, 0.05) is 32.3 Å². The van der Waals surface area contributed by atoms with Gasteiger partial charge in [0.2, 0.25) is 0 Å². The Hall–Kier alpha value is -0.650. The van der Waals surface area contributed by atoms with Gasteiger partial charge in [-0.05, 0) is 32.1 Å². The molecule has 0 aromatic heterocycles. The number of rotatable bonds is 5. The van der Waals surface area contributed by atoms with Crippen LogP contribution in [0.3, 0.4) is 0 Å². The Bertz CT molecular complexity index is 340. The Balaban J connectivity index is 1.61. The number of carbonyl (C=O) groups is 1. The molecule has 2 aliphatic heterocycles. The van der Waals surface area contributed by atoms with Gasteiger partial charge in [-0.25, -0.2) is 0 Å². The summed E-state index contributed by atoms with van der Waals surface area (Å²) in [6, 6.07) is 0.705. The van der Waals surface area contributed by atoms with Crippen LogP contribution < -0.4 is 5.32 Å². The topological polar surface area (TPSA) is 50.8 Å². The molecule has 3 fully saturated rings. The highest BCUT2D eigenvalue weighted by molar-refractivity contribution is 5.81. The number of ether oxygens (including phenoxy) is 2. The fourth-order valence-electron chi connectivity index (χ4n) is 3.28. The van der Waals surface area contributed by atoms with Crippen LogP contribution in [-0.2, 0) is 14.3 Å². The SMILES string of the molecule is COC(=O)C1(NCC2CCCO2)CCN(C2CC2)C1. The summed E-state index contributed by atoms with van der Waals surface area (Å²) in [5.74, 6) is -0.117. The second-order valence-corrected chi connectivity index (χ2v) is 6.04. The van der Waals surface area contributed by atoms with E-state index in [1.165, 1.54) is 20.0 Å². The second kappa shape index (κ2) is 5.38. The number of hydrogen-bond donors (Lipinski definition) is 1. The van der Waals surface area contributed by atoms with E-state index in [0.717, 1.165) is 45.5 Å². The molecule has 2 heterocycles. The minimum atomic E-state index is -0.511. The zero-order chi connectivity index (χ0) is 13.3. The minimum absolute atomic E-state index is 0.117. The van der Waals surface area contributed by atoms with Crippen LogP contribution in [0.25, 0.3) is 0 Å². The number of nitrogens with one attached hydrogen (secondary N) is 1. The van der Waals surface area contributed by atoms with Crippen molar-refractivity contribution in [3.8, 4) is 0 Å². The van der Waals surface area contributed by atoms with Crippen LogP contribution in [0.4, 0.5) is 0 Å².